The highest BCUT2D eigenvalue weighted by Gasteiger charge is 2.34. The number of nitriles is 4. The van der Waals surface area contributed by atoms with Crippen LogP contribution in [0.1, 0.15) is 191 Å². The van der Waals surface area contributed by atoms with Gasteiger partial charge in [-0.2, -0.15) is 21.0 Å². The summed E-state index contributed by atoms with van der Waals surface area (Å²) in [6, 6.07) is 87.1. The van der Waals surface area contributed by atoms with E-state index in [9.17, 15) is 41.5 Å². The van der Waals surface area contributed by atoms with E-state index in [1.165, 1.54) is 22.3 Å². The zero-order chi connectivity index (χ0) is 94.1. The maximum Gasteiger partial charge on any atom is 0.205 e. The fourth-order valence-electron chi connectivity index (χ4n) is 17.5. The molecule has 0 aliphatic rings. The Hall–Kier alpha value is -14.8. The largest absolute Gasteiger partial charge is 0.390 e. The lowest BCUT2D eigenvalue weighted by Crippen LogP contribution is -2.36. The number of nitrogens with one attached hydrogen (secondary N) is 4. The maximum absolute atomic E-state index is 11.0. The van der Waals surface area contributed by atoms with Crippen molar-refractivity contribution in [2.45, 2.75) is 207 Å². The molecule has 8 heterocycles. The molecule has 16 rings (SSSR count). The third-order valence-electron chi connectivity index (χ3n) is 25.2. The van der Waals surface area contributed by atoms with Gasteiger partial charge in [-0.3, -0.25) is 39.9 Å². The Kier molecular flexibility index (Phi) is 31.0. The van der Waals surface area contributed by atoms with Crippen molar-refractivity contribution in [3.05, 3.63) is 379 Å². The number of fused-ring (bicyclic) bond motifs is 4. The summed E-state index contributed by atoms with van der Waals surface area (Å²) in [4.78, 5) is 18.4. The van der Waals surface area contributed by atoms with Crippen LogP contribution in [-0.2, 0) is 25.7 Å². The molecule has 16 aromatic rings. The predicted octanol–water partition coefficient (Wildman–Crippen LogP) is 18.4. The minimum Gasteiger partial charge on any atom is -0.390 e. The van der Waals surface area contributed by atoms with Gasteiger partial charge < -0.3 is 38.7 Å². The van der Waals surface area contributed by atoms with Gasteiger partial charge in [0.25, 0.3) is 0 Å². The lowest BCUT2D eigenvalue weighted by atomic mass is 9.98. The third-order valence-corrected chi connectivity index (χ3v) is 25.2. The van der Waals surface area contributed by atoms with Crippen LogP contribution in [0.15, 0.2) is 267 Å². The highest BCUT2D eigenvalue weighted by molar-refractivity contribution is 5.75. The molecule has 8 N–H and O–H groups in total. The van der Waals surface area contributed by atoms with E-state index < -0.39 is 48.6 Å². The molecule has 8 aromatic carbocycles. The summed E-state index contributed by atoms with van der Waals surface area (Å²) in [7, 11) is 0. The number of benzene rings is 8. The second-order valence-electron chi connectivity index (χ2n) is 34.7. The number of pyridine rings is 4. The summed E-state index contributed by atoms with van der Waals surface area (Å²) in [6.45, 7) is 24.6. The fraction of sp³-hybridized carbons (Fsp3) is 0.296. The lowest BCUT2D eigenvalue weighted by Gasteiger charge is -2.24. The Balaban J connectivity index is 0.000000150. The molecular formula is C108H116N20O4. The Bertz CT molecular complexity index is 6220. The number of hydrogen-bond donors (Lipinski definition) is 8. The normalized spacial score (nSPS) is 14.0. The van der Waals surface area contributed by atoms with Gasteiger partial charge in [-0.1, -0.05) is 239 Å². The van der Waals surface area contributed by atoms with Gasteiger partial charge in [0.1, 0.15) is 0 Å². The topological polar surface area (TPSA) is 362 Å². The van der Waals surface area contributed by atoms with E-state index in [4.69, 9.17) is 21.6 Å². The van der Waals surface area contributed by atoms with Crippen molar-refractivity contribution in [2.24, 2.45) is 0 Å². The Morgan fingerprint density at radius 3 is 0.568 bits per heavy atom. The van der Waals surface area contributed by atoms with Crippen LogP contribution in [0.4, 0.5) is 0 Å². The van der Waals surface area contributed by atoms with E-state index >= 15 is 0 Å². The van der Waals surface area contributed by atoms with E-state index in [2.05, 4.69) is 197 Å². The number of hydrogen-bond acceptors (Lipinski definition) is 16. The van der Waals surface area contributed by atoms with Gasteiger partial charge in [0.2, 0.25) is 22.5 Å². The molecule has 0 saturated heterocycles. The molecule has 672 valence electrons. The monoisotopic (exact) mass is 1760 g/mol. The molecule has 0 radical (unpaired) electrons. The summed E-state index contributed by atoms with van der Waals surface area (Å²) in [5.41, 5.74) is 24.8. The molecule has 8 unspecified atom stereocenters. The first kappa shape index (κ1) is 94.8. The van der Waals surface area contributed by atoms with Crippen LogP contribution in [0.25, 0.3) is 44.7 Å². The first-order valence-electron chi connectivity index (χ1n) is 44.8. The van der Waals surface area contributed by atoms with Crippen molar-refractivity contribution < 1.29 is 20.4 Å². The van der Waals surface area contributed by atoms with E-state index in [0.717, 1.165) is 88.8 Å². The van der Waals surface area contributed by atoms with E-state index in [1.807, 2.05) is 192 Å². The smallest absolute Gasteiger partial charge is 0.205 e. The van der Waals surface area contributed by atoms with E-state index in [-0.39, 0.29) is 72.3 Å². The quantitative estimate of drug-likeness (QED) is 0.0227. The van der Waals surface area contributed by atoms with E-state index in [0.29, 0.717) is 48.3 Å². The van der Waals surface area contributed by atoms with Crippen LogP contribution in [0, 0.1) is 122 Å². The van der Waals surface area contributed by atoms with Crippen LogP contribution in [0.2, 0.25) is 0 Å². The van der Waals surface area contributed by atoms with Gasteiger partial charge in [0, 0.05) is 24.8 Å². The van der Waals surface area contributed by atoms with E-state index in [1.54, 1.807) is 43.1 Å². The second kappa shape index (κ2) is 43.1. The SMILES string of the molecule is Cc1ccc(C[C@@H](C(O)CC#N)n2c(=N)n(C(C)c3ccc(C)cc3)c3cccnc32)cc1.Cc1ccc(C[C@@H](C(O)CC#N)n2c(=N)n(C(C)c3ccc(C)cc3)c3cccnc32)cc1.Cc1ccc(C[C@@H](C(O)CC#N)n2c(=N)n(C(C)c3ccc(C)cc3)c3cccnc32)cc1.Cc1ccc(C[C@@H](C(O)CC#N)n2c(=N)n(C(C)c3ccc(C)cc3)c3cccnc32)cc1. The van der Waals surface area contributed by atoms with Crippen LogP contribution in [0.3, 0.4) is 0 Å². The zero-order valence-corrected chi connectivity index (χ0v) is 76.9. The van der Waals surface area contributed by atoms with Gasteiger partial charge in [-0.05, 0) is 202 Å². The van der Waals surface area contributed by atoms with Crippen molar-refractivity contribution in [1.29, 1.82) is 42.7 Å². The number of aliphatic hydroxyl groups excluding tert-OH is 4. The predicted molar refractivity (Wildman–Crippen MR) is 515 cm³/mol. The van der Waals surface area contributed by atoms with Gasteiger partial charge in [0.05, 0.1) is 145 Å². The molecule has 0 fully saturated rings. The van der Waals surface area contributed by atoms with Gasteiger partial charge in [0.15, 0.2) is 22.6 Å². The van der Waals surface area contributed by atoms with Gasteiger partial charge >= 0.3 is 0 Å². The van der Waals surface area contributed by atoms with Crippen LogP contribution < -0.4 is 22.5 Å². The third kappa shape index (κ3) is 21.4. The van der Waals surface area contributed by atoms with Crippen molar-refractivity contribution >= 4 is 44.7 Å². The number of aliphatic hydroxyl groups is 4. The Morgan fingerprint density at radius 2 is 0.409 bits per heavy atom. The van der Waals surface area contributed by atoms with Crippen LogP contribution in [0.5, 0.6) is 0 Å². The molecule has 24 nitrogen and oxygen atoms in total. The van der Waals surface area contributed by atoms with Crippen molar-refractivity contribution in [3.63, 3.8) is 0 Å². The molecule has 8 aromatic heterocycles. The number of nitrogens with zero attached hydrogens (tertiary/aromatic N) is 16. The van der Waals surface area contributed by atoms with Crippen LogP contribution >= 0.6 is 0 Å². The Labute approximate surface area is 770 Å². The highest BCUT2D eigenvalue weighted by atomic mass is 16.3. The summed E-state index contributed by atoms with van der Waals surface area (Å²) < 4.78 is 15.0. The molecule has 0 spiro atoms. The molecular weight excluding hydrogens is 1640 g/mol. The minimum atomic E-state index is -0.929. The average Bonchev–Trinajstić information content (AvgIpc) is 1.61. The lowest BCUT2D eigenvalue weighted by molar-refractivity contribution is 0.114. The molecule has 0 bridgehead atoms. The summed E-state index contributed by atoms with van der Waals surface area (Å²) >= 11 is 0. The molecule has 12 atom stereocenters. The standard InChI is InChI=1S/4C27H29N5O/c4*1-18-6-10-21(11-7-18)17-24(25(33)14-15-28)32-26-23(5-4-16-30-26)31(27(32)29)20(3)22-12-8-19(2)9-13-22/h4*4-13,16,20,24-25,29,33H,14,17H2,1-3H3/t4*20?,24-,25?/m0000/s1. The average molecular weight is 1760 g/mol. The van der Waals surface area contributed by atoms with Crippen molar-refractivity contribution in [1.82, 2.24) is 56.5 Å². The molecule has 0 saturated carbocycles. The van der Waals surface area contributed by atoms with Crippen LogP contribution in [-0.4, -0.2) is 101 Å². The molecule has 0 amide bonds. The summed E-state index contributed by atoms with van der Waals surface area (Å²) in [5, 5.41) is 118. The Morgan fingerprint density at radius 1 is 0.250 bits per heavy atom. The van der Waals surface area contributed by atoms with Crippen molar-refractivity contribution in [2.75, 3.05) is 0 Å². The molecule has 132 heavy (non-hydrogen) atoms. The van der Waals surface area contributed by atoms with Gasteiger partial charge in [-0.15, -0.1) is 0 Å². The minimum absolute atomic E-state index is 0.0179. The first-order chi connectivity index (χ1) is 63.6. The first-order valence-corrected chi connectivity index (χ1v) is 44.8. The number of aryl methyl sites for hydroxylation is 8. The highest BCUT2D eigenvalue weighted by Crippen LogP contribution is 2.34. The number of rotatable bonds is 28. The second-order valence-corrected chi connectivity index (χ2v) is 34.7. The fourth-order valence-corrected chi connectivity index (χ4v) is 17.5. The molecule has 0 aliphatic heterocycles. The summed E-state index contributed by atoms with van der Waals surface area (Å²) in [6.07, 6.45) is 5.02. The van der Waals surface area contributed by atoms with Crippen molar-refractivity contribution in [3.8, 4) is 24.3 Å². The number of imidazole rings is 4. The molecule has 0 aliphatic carbocycles. The maximum atomic E-state index is 11.0. The number of aromatic nitrogens is 12. The molecule has 24 heteroatoms. The van der Waals surface area contributed by atoms with Gasteiger partial charge in [-0.25, -0.2) is 19.9 Å². The zero-order valence-electron chi connectivity index (χ0n) is 76.9. The summed E-state index contributed by atoms with van der Waals surface area (Å²) in [5.74, 6) is 0.